The Labute approximate surface area is 88.2 Å². The molecule has 0 unspecified atom stereocenters. The van der Waals surface area contributed by atoms with Crippen LogP contribution in [0.25, 0.3) is 0 Å². The van der Waals surface area contributed by atoms with E-state index in [4.69, 9.17) is 10.5 Å². The predicted octanol–water partition coefficient (Wildman–Crippen LogP) is 2.85. The van der Waals surface area contributed by atoms with Gasteiger partial charge in [-0.3, -0.25) is 0 Å². The molecular weight excluding hydrogens is 174 g/mol. The summed E-state index contributed by atoms with van der Waals surface area (Å²) in [5.41, 5.74) is 6.54. The van der Waals surface area contributed by atoms with Gasteiger partial charge in [-0.05, 0) is 25.7 Å². The monoisotopic (exact) mass is 199 g/mol. The molecule has 0 saturated heterocycles. The molecule has 2 N–H and O–H groups in total. The molecule has 0 spiro atoms. The summed E-state index contributed by atoms with van der Waals surface area (Å²) in [5, 5.41) is 0. The molecule has 84 valence electrons. The lowest BCUT2D eigenvalue weighted by Gasteiger charge is -2.31. The van der Waals surface area contributed by atoms with E-state index in [2.05, 4.69) is 0 Å². The molecule has 0 atom stereocenters. The summed E-state index contributed by atoms with van der Waals surface area (Å²) in [5.74, 6) is 0. The molecule has 1 fully saturated rings. The van der Waals surface area contributed by atoms with Gasteiger partial charge >= 0.3 is 0 Å². The minimum atomic E-state index is 0.124. The Balaban J connectivity index is 2.27. The molecule has 1 saturated carbocycles. The SMILES string of the molecule is COCCCC1(N)CCCCCCC1. The van der Waals surface area contributed by atoms with Crippen LogP contribution in [0.3, 0.4) is 0 Å². The second-order valence-corrected chi connectivity index (χ2v) is 4.73. The second-order valence-electron chi connectivity index (χ2n) is 4.73. The highest BCUT2D eigenvalue weighted by molar-refractivity contribution is 4.84. The molecule has 0 heterocycles. The average molecular weight is 199 g/mol. The zero-order valence-corrected chi connectivity index (χ0v) is 9.56. The van der Waals surface area contributed by atoms with Crippen LogP contribution in [0.4, 0.5) is 0 Å². The van der Waals surface area contributed by atoms with E-state index in [0.29, 0.717) is 0 Å². The molecule has 0 aromatic carbocycles. The summed E-state index contributed by atoms with van der Waals surface area (Å²) < 4.78 is 5.08. The maximum Gasteiger partial charge on any atom is 0.0462 e. The molecule has 1 aliphatic rings. The highest BCUT2D eigenvalue weighted by Gasteiger charge is 2.24. The van der Waals surface area contributed by atoms with Gasteiger partial charge < -0.3 is 10.5 Å². The Hall–Kier alpha value is -0.0800. The van der Waals surface area contributed by atoms with Gasteiger partial charge in [0, 0.05) is 19.3 Å². The lowest BCUT2D eigenvalue weighted by Crippen LogP contribution is -2.40. The lowest BCUT2D eigenvalue weighted by atomic mass is 9.81. The van der Waals surface area contributed by atoms with E-state index in [9.17, 15) is 0 Å². The third kappa shape index (κ3) is 4.43. The van der Waals surface area contributed by atoms with Crippen molar-refractivity contribution in [3.05, 3.63) is 0 Å². The minimum absolute atomic E-state index is 0.124. The Morgan fingerprint density at radius 1 is 1.07 bits per heavy atom. The first-order valence-corrected chi connectivity index (χ1v) is 6.05. The van der Waals surface area contributed by atoms with Crippen LogP contribution >= 0.6 is 0 Å². The van der Waals surface area contributed by atoms with Crippen molar-refractivity contribution >= 4 is 0 Å². The third-order valence-electron chi connectivity index (χ3n) is 3.37. The van der Waals surface area contributed by atoms with E-state index in [1.807, 2.05) is 0 Å². The van der Waals surface area contributed by atoms with Gasteiger partial charge in [-0.1, -0.05) is 32.1 Å². The first kappa shape index (κ1) is 12.0. The highest BCUT2D eigenvalue weighted by atomic mass is 16.5. The number of hydrogen-bond donors (Lipinski definition) is 1. The Morgan fingerprint density at radius 2 is 1.64 bits per heavy atom. The molecule has 0 radical (unpaired) electrons. The second kappa shape index (κ2) is 6.41. The van der Waals surface area contributed by atoms with Crippen molar-refractivity contribution in [1.29, 1.82) is 0 Å². The maximum atomic E-state index is 6.41. The van der Waals surface area contributed by atoms with Gasteiger partial charge in [-0.2, -0.15) is 0 Å². The van der Waals surface area contributed by atoms with E-state index < -0.39 is 0 Å². The van der Waals surface area contributed by atoms with Crippen LogP contribution in [-0.4, -0.2) is 19.3 Å². The van der Waals surface area contributed by atoms with Crippen LogP contribution in [0, 0.1) is 0 Å². The Bertz CT molecular complexity index is 139. The molecule has 0 bridgehead atoms. The predicted molar refractivity (Wildman–Crippen MR) is 60.3 cm³/mol. The van der Waals surface area contributed by atoms with Gasteiger partial charge in [0.05, 0.1) is 0 Å². The fourth-order valence-electron chi connectivity index (χ4n) is 2.43. The molecule has 0 aliphatic heterocycles. The van der Waals surface area contributed by atoms with Gasteiger partial charge in [-0.25, -0.2) is 0 Å². The van der Waals surface area contributed by atoms with E-state index in [1.54, 1.807) is 7.11 Å². The van der Waals surface area contributed by atoms with Crippen LogP contribution in [0.2, 0.25) is 0 Å². The van der Waals surface area contributed by atoms with E-state index in [-0.39, 0.29) is 5.54 Å². The Morgan fingerprint density at radius 3 is 2.21 bits per heavy atom. The third-order valence-corrected chi connectivity index (χ3v) is 3.37. The molecule has 14 heavy (non-hydrogen) atoms. The first-order chi connectivity index (χ1) is 6.77. The Kier molecular flexibility index (Phi) is 5.49. The number of methoxy groups -OCH3 is 1. The quantitative estimate of drug-likeness (QED) is 0.707. The van der Waals surface area contributed by atoms with Gasteiger partial charge in [-0.15, -0.1) is 0 Å². The summed E-state index contributed by atoms with van der Waals surface area (Å²) in [6.45, 7) is 0.860. The summed E-state index contributed by atoms with van der Waals surface area (Å²) in [4.78, 5) is 0. The highest BCUT2D eigenvalue weighted by Crippen LogP contribution is 2.27. The van der Waals surface area contributed by atoms with E-state index >= 15 is 0 Å². The summed E-state index contributed by atoms with van der Waals surface area (Å²) in [6.07, 6.45) is 11.5. The van der Waals surface area contributed by atoms with Crippen molar-refractivity contribution in [2.75, 3.05) is 13.7 Å². The number of hydrogen-bond acceptors (Lipinski definition) is 2. The number of nitrogens with two attached hydrogens (primary N) is 1. The van der Waals surface area contributed by atoms with Crippen LogP contribution in [0.15, 0.2) is 0 Å². The zero-order chi connectivity index (χ0) is 10.3. The average Bonchev–Trinajstić information content (AvgIpc) is 2.13. The number of ether oxygens (including phenoxy) is 1. The topological polar surface area (TPSA) is 35.2 Å². The van der Waals surface area contributed by atoms with Crippen molar-refractivity contribution in [1.82, 2.24) is 0 Å². The van der Waals surface area contributed by atoms with Crippen molar-refractivity contribution in [3.8, 4) is 0 Å². The molecule has 1 rings (SSSR count). The van der Waals surface area contributed by atoms with Crippen LogP contribution in [0.5, 0.6) is 0 Å². The van der Waals surface area contributed by atoms with Gasteiger partial charge in [0.2, 0.25) is 0 Å². The molecule has 1 aliphatic carbocycles. The molecule has 0 amide bonds. The van der Waals surface area contributed by atoms with E-state index in [0.717, 1.165) is 19.4 Å². The molecule has 2 nitrogen and oxygen atoms in total. The summed E-state index contributed by atoms with van der Waals surface area (Å²) >= 11 is 0. The van der Waals surface area contributed by atoms with Crippen LogP contribution < -0.4 is 5.73 Å². The molecular formula is C12H25NO. The summed E-state index contributed by atoms with van der Waals surface area (Å²) in [7, 11) is 1.77. The smallest absolute Gasteiger partial charge is 0.0462 e. The standard InChI is InChI=1S/C12H25NO/c1-14-11-7-10-12(13)8-5-3-2-4-6-9-12/h2-11,13H2,1H3. The normalized spacial score (nSPS) is 22.7. The lowest BCUT2D eigenvalue weighted by molar-refractivity contribution is 0.176. The van der Waals surface area contributed by atoms with Crippen molar-refractivity contribution in [3.63, 3.8) is 0 Å². The van der Waals surface area contributed by atoms with Crippen LogP contribution in [0.1, 0.15) is 57.8 Å². The van der Waals surface area contributed by atoms with Gasteiger partial charge in [0.1, 0.15) is 0 Å². The zero-order valence-electron chi connectivity index (χ0n) is 9.56. The number of rotatable bonds is 4. The van der Waals surface area contributed by atoms with E-state index in [1.165, 1.54) is 44.9 Å². The van der Waals surface area contributed by atoms with Crippen molar-refractivity contribution in [2.24, 2.45) is 5.73 Å². The maximum absolute atomic E-state index is 6.41. The molecule has 0 aromatic rings. The molecule has 2 heteroatoms. The molecule has 0 aromatic heterocycles. The largest absolute Gasteiger partial charge is 0.385 e. The van der Waals surface area contributed by atoms with Gasteiger partial charge in [0.15, 0.2) is 0 Å². The first-order valence-electron chi connectivity index (χ1n) is 6.05. The fourth-order valence-corrected chi connectivity index (χ4v) is 2.43. The van der Waals surface area contributed by atoms with Crippen LogP contribution in [-0.2, 0) is 4.74 Å². The fraction of sp³-hybridized carbons (Fsp3) is 1.00. The van der Waals surface area contributed by atoms with Gasteiger partial charge in [0.25, 0.3) is 0 Å². The minimum Gasteiger partial charge on any atom is -0.385 e. The van der Waals surface area contributed by atoms with Crippen molar-refractivity contribution in [2.45, 2.75) is 63.3 Å². The summed E-state index contributed by atoms with van der Waals surface area (Å²) in [6, 6.07) is 0. The van der Waals surface area contributed by atoms with Crippen molar-refractivity contribution < 1.29 is 4.74 Å².